The van der Waals surface area contributed by atoms with Crippen molar-refractivity contribution in [3.05, 3.63) is 51.7 Å². The summed E-state index contributed by atoms with van der Waals surface area (Å²) in [6.45, 7) is 13.3. The second-order valence-corrected chi connectivity index (χ2v) is 28.0. The van der Waals surface area contributed by atoms with Gasteiger partial charge in [-0.1, -0.05) is 139 Å². The third-order valence-electron chi connectivity index (χ3n) is 16.7. The fraction of sp³-hybridized carbons (Fsp3) is 0.746. The van der Waals surface area contributed by atoms with Gasteiger partial charge in [-0.3, -0.25) is 43.3 Å². The first-order valence-electron chi connectivity index (χ1n) is 32.9. The fourth-order valence-electron chi connectivity index (χ4n) is 11.0. The molecule has 1 saturated heterocycles. The molecule has 1 aliphatic heterocycles. The van der Waals surface area contributed by atoms with Crippen LogP contribution in [0, 0.1) is 29.5 Å². The number of aromatic nitrogens is 1. The Morgan fingerprint density at radius 2 is 1.49 bits per heavy atom. The number of rotatable bonds is 49. The number of benzene rings is 1. The summed E-state index contributed by atoms with van der Waals surface area (Å²) in [4.78, 5) is 114. The summed E-state index contributed by atoms with van der Waals surface area (Å²) < 4.78 is 41.1. The molecule has 0 radical (unpaired) electrons. The van der Waals surface area contributed by atoms with Crippen LogP contribution in [0.1, 0.15) is 217 Å². The van der Waals surface area contributed by atoms with Gasteiger partial charge < -0.3 is 44.3 Å². The Hall–Kier alpha value is -4.52. The van der Waals surface area contributed by atoms with Crippen LogP contribution in [0.15, 0.2) is 29.6 Å². The molecule has 90 heavy (non-hydrogen) atoms. The first kappa shape index (κ1) is 79.7. The average molecular weight is 1320 g/mol. The molecule has 0 saturated carbocycles. The average Bonchev–Trinajstić information content (AvgIpc) is 3.55. The molecular weight excluding hydrogens is 1210 g/mol. The Balaban J connectivity index is 1.36. The summed E-state index contributed by atoms with van der Waals surface area (Å²) in [5.74, 6) is -2.38. The molecule has 0 aliphatic carbocycles. The number of likely N-dealkylation sites (tertiary alicyclic amines) is 1. The van der Waals surface area contributed by atoms with Gasteiger partial charge in [0.25, 0.3) is 0 Å². The Morgan fingerprint density at radius 3 is 2.11 bits per heavy atom. The highest BCUT2D eigenvalue weighted by atomic mass is 33.1. The van der Waals surface area contributed by atoms with Crippen molar-refractivity contribution in [2.45, 2.75) is 233 Å². The highest BCUT2D eigenvalue weighted by molar-refractivity contribution is 8.76. The molecule has 1 fully saturated rings. The van der Waals surface area contributed by atoms with Crippen LogP contribution >= 0.6 is 32.9 Å². The SMILES string of the molecule is CCC(CO)OC(COC(=O)CCCC(=O)CCCCCCCCCCCCSSCCOC(=O)CNC(=O)[C@@H](C)C[C@@H](CC(=O)c1csc([C@@H](C[C@H](C(C)C)N(C)C(=O)C(NC(=O)[C@H]2CCCCN2C)[C@@H](C)CC)OC(C)=O)n1)Cc1ccc(F)cc1)OC. The van der Waals surface area contributed by atoms with Gasteiger partial charge in [-0.05, 0) is 100 Å². The number of hydrogen-bond acceptors (Lipinski definition) is 19. The van der Waals surface area contributed by atoms with Crippen molar-refractivity contribution in [1.82, 2.24) is 25.4 Å². The number of amides is 3. The molecule has 1 aliphatic rings. The lowest BCUT2D eigenvalue weighted by Gasteiger charge is -2.38. The number of carbonyl (C=O) groups excluding carboxylic acids is 8. The zero-order valence-corrected chi connectivity index (χ0v) is 58.0. The molecule has 3 amide bonds. The van der Waals surface area contributed by atoms with Crippen molar-refractivity contribution >= 4 is 80.1 Å². The van der Waals surface area contributed by atoms with Gasteiger partial charge in [0.05, 0.1) is 18.8 Å². The number of ketones is 2. The van der Waals surface area contributed by atoms with E-state index >= 15 is 0 Å². The van der Waals surface area contributed by atoms with Crippen LogP contribution in [0.4, 0.5) is 4.39 Å². The molecule has 510 valence electrons. The quantitative estimate of drug-likeness (QED) is 0.0139. The fourth-order valence-corrected chi connectivity index (χ4v) is 13.8. The van der Waals surface area contributed by atoms with Crippen molar-refractivity contribution in [3.63, 3.8) is 0 Å². The molecule has 23 heteroatoms. The minimum Gasteiger partial charge on any atom is -0.463 e. The molecule has 1 aromatic carbocycles. The first-order valence-corrected chi connectivity index (χ1v) is 36.3. The molecule has 3 N–H and O–H groups in total. The standard InChI is InChI=1S/C67H108FN5O14S3/c1-11-47(5)63(71-65(81)56-28-22-23-34-72(56)8)67(82)73(9)57(46(3)4)41-59(86-49(7)75)66-70-55(45-88-66)58(77)40-51(39-50-30-32-52(68)33-31-50)38-48(6)64(80)69-42-61(79)84-35-37-90-89-36-24-20-18-16-14-13-15-17-19-21-26-53(76)27-25-29-60(78)85-44-62(83-10)87-54(12-2)43-74/h30-33,45-48,51,54,56-57,59,62-63,74H,11-29,34-44H2,1-10H3,(H,69,80)(H,71,81)/t47-,48-,51+,54?,56+,57+,59+,62?,63?/m0/s1. The van der Waals surface area contributed by atoms with Crippen LogP contribution in [0.25, 0.3) is 0 Å². The molecule has 1 aromatic heterocycles. The lowest BCUT2D eigenvalue weighted by molar-refractivity contribution is -0.194. The molecule has 9 atom stereocenters. The predicted molar refractivity (Wildman–Crippen MR) is 353 cm³/mol. The van der Waals surface area contributed by atoms with E-state index in [0.29, 0.717) is 49.3 Å². The summed E-state index contributed by atoms with van der Waals surface area (Å²) in [7, 11) is 8.50. The number of aliphatic hydroxyl groups excluding tert-OH is 1. The number of piperidine rings is 1. The lowest BCUT2D eigenvalue weighted by atomic mass is 9.86. The van der Waals surface area contributed by atoms with Crippen LogP contribution in [0.3, 0.4) is 0 Å². The second kappa shape index (κ2) is 45.7. The maximum Gasteiger partial charge on any atom is 0.325 e. The van der Waals surface area contributed by atoms with Gasteiger partial charge in [0.1, 0.15) is 48.1 Å². The zero-order chi connectivity index (χ0) is 66.4. The number of hydrogen-bond donors (Lipinski definition) is 3. The normalized spacial score (nSPS) is 16.2. The van der Waals surface area contributed by atoms with Crippen LogP contribution in [-0.4, -0.2) is 163 Å². The van der Waals surface area contributed by atoms with E-state index in [1.807, 2.05) is 46.6 Å². The summed E-state index contributed by atoms with van der Waals surface area (Å²) in [6.07, 6.45) is 15.5. The Bertz CT molecular complexity index is 2430. The van der Waals surface area contributed by atoms with Crippen LogP contribution in [0.5, 0.6) is 0 Å². The van der Waals surface area contributed by atoms with Crippen molar-refractivity contribution in [1.29, 1.82) is 0 Å². The number of esters is 3. The van der Waals surface area contributed by atoms with Crippen molar-refractivity contribution in [2.24, 2.45) is 23.7 Å². The highest BCUT2D eigenvalue weighted by Crippen LogP contribution is 2.33. The number of nitrogens with zero attached hydrogens (tertiary/aromatic N) is 3. The zero-order valence-electron chi connectivity index (χ0n) is 55.6. The van der Waals surface area contributed by atoms with Gasteiger partial charge >= 0.3 is 17.9 Å². The van der Waals surface area contributed by atoms with Gasteiger partial charge in [0.2, 0.25) is 17.7 Å². The molecule has 0 bridgehead atoms. The molecule has 2 heterocycles. The van der Waals surface area contributed by atoms with Crippen LogP contribution in [-0.2, 0) is 63.7 Å². The summed E-state index contributed by atoms with van der Waals surface area (Å²) in [6, 6.07) is 4.49. The summed E-state index contributed by atoms with van der Waals surface area (Å²) >= 11 is 1.18. The number of halogens is 1. The van der Waals surface area contributed by atoms with Crippen LogP contribution in [0.2, 0.25) is 0 Å². The summed E-state index contributed by atoms with van der Waals surface area (Å²) in [5.41, 5.74) is 0.949. The van der Waals surface area contributed by atoms with E-state index in [-0.39, 0.29) is 117 Å². The third-order valence-corrected chi connectivity index (χ3v) is 20.1. The number of aliphatic hydroxyl groups is 1. The maximum atomic E-state index is 14.4. The first-order chi connectivity index (χ1) is 43.1. The van der Waals surface area contributed by atoms with Crippen molar-refractivity contribution < 1.29 is 71.5 Å². The molecule has 19 nitrogen and oxygen atoms in total. The predicted octanol–water partition coefficient (Wildman–Crippen LogP) is 11.6. The number of thiazole rings is 1. The number of carbonyl (C=O) groups is 8. The van der Waals surface area contributed by atoms with Crippen molar-refractivity contribution in [3.8, 4) is 0 Å². The minimum absolute atomic E-state index is 0.00412. The van der Waals surface area contributed by atoms with Gasteiger partial charge in [0, 0.05) is 82.0 Å². The topological polar surface area (TPSA) is 246 Å². The third kappa shape index (κ3) is 31.9. The maximum absolute atomic E-state index is 14.4. The van der Waals surface area contributed by atoms with E-state index in [0.717, 1.165) is 75.6 Å². The number of Topliss-reactive ketones (excluding diaryl/α,β-unsaturated/α-hetero) is 2. The van der Waals surface area contributed by atoms with Crippen molar-refractivity contribution in [2.75, 3.05) is 65.6 Å². The van der Waals surface area contributed by atoms with E-state index in [2.05, 4.69) is 10.6 Å². The van der Waals surface area contributed by atoms with Gasteiger partial charge in [0.15, 0.2) is 18.2 Å². The number of nitrogens with one attached hydrogen (secondary N) is 2. The Morgan fingerprint density at radius 1 is 0.833 bits per heavy atom. The van der Waals surface area contributed by atoms with Gasteiger partial charge in [-0.15, -0.1) is 11.3 Å². The number of ether oxygens (including phenoxy) is 5. The van der Waals surface area contributed by atoms with E-state index in [4.69, 9.17) is 28.7 Å². The van der Waals surface area contributed by atoms with Gasteiger partial charge in [-0.25, -0.2) is 9.37 Å². The molecule has 0 spiro atoms. The largest absolute Gasteiger partial charge is 0.463 e. The van der Waals surface area contributed by atoms with E-state index in [1.54, 1.807) is 58.0 Å². The van der Waals surface area contributed by atoms with E-state index < -0.39 is 54.1 Å². The van der Waals surface area contributed by atoms with Gasteiger partial charge in [-0.2, -0.15) is 0 Å². The monoisotopic (exact) mass is 1320 g/mol. The van der Waals surface area contributed by atoms with E-state index in [9.17, 15) is 47.9 Å². The number of methoxy groups -OCH3 is 1. The minimum atomic E-state index is -0.888. The number of likely N-dealkylation sites (N-methyl/N-ethyl adjacent to an activating group) is 2. The smallest absolute Gasteiger partial charge is 0.325 e. The molecular formula is C67H108FN5O14S3. The second-order valence-electron chi connectivity index (χ2n) is 24.4. The van der Waals surface area contributed by atoms with E-state index in [1.165, 1.54) is 63.2 Å². The lowest BCUT2D eigenvalue weighted by Crippen LogP contribution is -2.58. The summed E-state index contributed by atoms with van der Waals surface area (Å²) in [5, 5.41) is 17.1. The molecule has 3 unspecified atom stereocenters. The molecule has 2 aromatic rings. The van der Waals surface area contributed by atoms with Crippen LogP contribution < -0.4 is 10.6 Å². The number of unbranched alkanes of at least 4 members (excludes halogenated alkanes) is 9. The molecule has 3 rings (SSSR count). The Kier molecular flexibility index (Phi) is 40.5. The Labute approximate surface area is 548 Å². The highest BCUT2D eigenvalue weighted by Gasteiger charge is 2.38.